The number of hydrogen-bond donors (Lipinski definition) is 1. The summed E-state index contributed by atoms with van der Waals surface area (Å²) in [6.07, 6.45) is 3.06. The van der Waals surface area contributed by atoms with E-state index in [-0.39, 0.29) is 12.2 Å². The van der Waals surface area contributed by atoms with Crippen LogP contribution < -0.4 is 5.73 Å². The highest BCUT2D eigenvalue weighted by atomic mass is 19.1. The molecule has 0 spiro atoms. The first-order chi connectivity index (χ1) is 9.65. The van der Waals surface area contributed by atoms with Crippen LogP contribution in [-0.2, 0) is 17.7 Å². The largest absolute Gasteiger partial charge is 0.464 e. The molecule has 2 N–H and O–H groups in total. The molecule has 106 valence electrons. The van der Waals surface area contributed by atoms with Crippen LogP contribution in [0.3, 0.4) is 0 Å². The fourth-order valence-electron chi connectivity index (χ4n) is 1.81. The molecule has 0 radical (unpaired) electrons. The molecule has 0 saturated heterocycles. The van der Waals surface area contributed by atoms with Crippen molar-refractivity contribution in [2.24, 2.45) is 5.73 Å². The van der Waals surface area contributed by atoms with Crippen molar-refractivity contribution in [2.45, 2.75) is 13.0 Å². The number of carbonyl (C=O) groups is 1. The second-order valence-electron chi connectivity index (χ2n) is 4.08. The normalized spacial score (nSPS) is 10.6. The van der Waals surface area contributed by atoms with Crippen molar-refractivity contribution in [1.29, 1.82) is 0 Å². The van der Waals surface area contributed by atoms with Gasteiger partial charge in [-0.15, -0.1) is 5.10 Å². The van der Waals surface area contributed by atoms with Crippen LogP contribution >= 0.6 is 0 Å². The lowest BCUT2D eigenvalue weighted by atomic mass is 10.2. The lowest BCUT2D eigenvalue weighted by Crippen LogP contribution is -2.15. The van der Waals surface area contributed by atoms with Gasteiger partial charge < -0.3 is 10.5 Å². The Morgan fingerprint density at radius 3 is 2.95 bits per heavy atom. The SMILES string of the molecule is COC(=O)c1nnn(Cc2cncc(F)c2)c1CCN. The zero-order valence-electron chi connectivity index (χ0n) is 10.9. The summed E-state index contributed by atoms with van der Waals surface area (Å²) in [6.45, 7) is 0.586. The van der Waals surface area contributed by atoms with E-state index in [9.17, 15) is 9.18 Å². The molecule has 0 aliphatic carbocycles. The zero-order chi connectivity index (χ0) is 14.5. The lowest BCUT2D eigenvalue weighted by Gasteiger charge is -2.06. The monoisotopic (exact) mass is 279 g/mol. The van der Waals surface area contributed by atoms with E-state index >= 15 is 0 Å². The zero-order valence-corrected chi connectivity index (χ0v) is 10.9. The molecule has 0 atom stereocenters. The Morgan fingerprint density at radius 2 is 2.30 bits per heavy atom. The van der Waals surface area contributed by atoms with Crippen molar-refractivity contribution in [3.8, 4) is 0 Å². The van der Waals surface area contributed by atoms with Crippen LogP contribution in [0, 0.1) is 5.82 Å². The number of nitrogens with zero attached hydrogens (tertiary/aromatic N) is 4. The molecule has 7 nitrogen and oxygen atoms in total. The molecule has 0 amide bonds. The van der Waals surface area contributed by atoms with Crippen LogP contribution in [0.4, 0.5) is 4.39 Å². The van der Waals surface area contributed by atoms with Crippen molar-refractivity contribution in [3.05, 3.63) is 41.2 Å². The van der Waals surface area contributed by atoms with Crippen molar-refractivity contribution < 1.29 is 13.9 Å². The maximum atomic E-state index is 13.1. The highest BCUT2D eigenvalue weighted by molar-refractivity contribution is 5.88. The highest BCUT2D eigenvalue weighted by Gasteiger charge is 2.19. The van der Waals surface area contributed by atoms with E-state index in [0.29, 0.717) is 24.2 Å². The van der Waals surface area contributed by atoms with E-state index in [1.807, 2.05) is 0 Å². The van der Waals surface area contributed by atoms with Crippen LogP contribution in [0.15, 0.2) is 18.5 Å². The maximum absolute atomic E-state index is 13.1. The minimum absolute atomic E-state index is 0.127. The Bertz CT molecular complexity index is 614. The van der Waals surface area contributed by atoms with Crippen LogP contribution in [-0.4, -0.2) is 39.6 Å². The molecular formula is C12H14FN5O2. The number of hydrogen-bond acceptors (Lipinski definition) is 6. The van der Waals surface area contributed by atoms with Crippen LogP contribution in [0.5, 0.6) is 0 Å². The van der Waals surface area contributed by atoms with E-state index in [2.05, 4.69) is 20.0 Å². The fourth-order valence-corrected chi connectivity index (χ4v) is 1.81. The fraction of sp³-hybridized carbons (Fsp3) is 0.333. The molecule has 2 aromatic rings. The third kappa shape index (κ3) is 2.97. The van der Waals surface area contributed by atoms with E-state index in [4.69, 9.17) is 5.73 Å². The van der Waals surface area contributed by atoms with Gasteiger partial charge in [0.2, 0.25) is 0 Å². The molecule has 0 aromatic carbocycles. The molecule has 0 unspecified atom stereocenters. The number of ether oxygens (including phenoxy) is 1. The molecule has 0 aliphatic rings. The van der Waals surface area contributed by atoms with Gasteiger partial charge in [0.15, 0.2) is 5.69 Å². The molecule has 0 fully saturated rings. The summed E-state index contributed by atoms with van der Waals surface area (Å²) in [6, 6.07) is 1.35. The minimum atomic E-state index is -0.572. The van der Waals surface area contributed by atoms with Crippen molar-refractivity contribution in [2.75, 3.05) is 13.7 Å². The maximum Gasteiger partial charge on any atom is 0.360 e. The molecule has 0 saturated carbocycles. The second-order valence-corrected chi connectivity index (χ2v) is 4.08. The summed E-state index contributed by atoms with van der Waals surface area (Å²) in [4.78, 5) is 15.3. The third-order valence-corrected chi connectivity index (χ3v) is 2.69. The number of methoxy groups -OCH3 is 1. The number of aromatic nitrogens is 4. The summed E-state index contributed by atoms with van der Waals surface area (Å²) in [5.74, 6) is -1.01. The van der Waals surface area contributed by atoms with E-state index in [1.165, 1.54) is 24.1 Å². The van der Waals surface area contributed by atoms with E-state index < -0.39 is 11.8 Å². The quantitative estimate of drug-likeness (QED) is 0.783. The Hall–Kier alpha value is -2.35. The van der Waals surface area contributed by atoms with Crippen LogP contribution in [0.2, 0.25) is 0 Å². The summed E-state index contributed by atoms with van der Waals surface area (Å²) in [5, 5.41) is 7.68. The van der Waals surface area contributed by atoms with Gasteiger partial charge in [-0.05, 0) is 18.2 Å². The first-order valence-electron chi connectivity index (χ1n) is 5.96. The van der Waals surface area contributed by atoms with E-state index in [0.717, 1.165) is 6.20 Å². The number of halogens is 1. The average molecular weight is 279 g/mol. The van der Waals surface area contributed by atoms with Gasteiger partial charge in [-0.2, -0.15) is 0 Å². The number of carbonyl (C=O) groups excluding carboxylic acids is 1. The summed E-state index contributed by atoms with van der Waals surface area (Å²) in [7, 11) is 1.27. The smallest absolute Gasteiger partial charge is 0.360 e. The molecule has 2 heterocycles. The number of nitrogens with two attached hydrogens (primary N) is 1. The van der Waals surface area contributed by atoms with Crippen LogP contribution in [0.25, 0.3) is 0 Å². The van der Waals surface area contributed by atoms with Gasteiger partial charge in [-0.25, -0.2) is 13.9 Å². The number of rotatable bonds is 5. The molecular weight excluding hydrogens is 265 g/mol. The molecule has 20 heavy (non-hydrogen) atoms. The summed E-state index contributed by atoms with van der Waals surface area (Å²) in [5.41, 5.74) is 6.82. The predicted octanol–water partition coefficient (Wildman–Crippen LogP) is 0.148. The highest BCUT2D eigenvalue weighted by Crippen LogP contribution is 2.11. The van der Waals surface area contributed by atoms with Crippen molar-refractivity contribution >= 4 is 5.97 Å². The lowest BCUT2D eigenvalue weighted by molar-refractivity contribution is 0.0592. The van der Waals surface area contributed by atoms with Crippen LogP contribution in [0.1, 0.15) is 21.7 Å². The third-order valence-electron chi connectivity index (χ3n) is 2.69. The molecule has 2 aromatic heterocycles. The second kappa shape index (κ2) is 6.20. The first-order valence-corrected chi connectivity index (χ1v) is 5.96. The van der Waals surface area contributed by atoms with E-state index in [1.54, 1.807) is 0 Å². The average Bonchev–Trinajstić information content (AvgIpc) is 2.82. The summed E-state index contributed by atoms with van der Waals surface area (Å²) >= 11 is 0. The van der Waals surface area contributed by atoms with Gasteiger partial charge in [-0.1, -0.05) is 5.21 Å². The molecule has 8 heteroatoms. The number of pyridine rings is 1. The molecule has 0 bridgehead atoms. The van der Waals surface area contributed by atoms with Gasteiger partial charge in [0.25, 0.3) is 0 Å². The topological polar surface area (TPSA) is 95.9 Å². The van der Waals surface area contributed by atoms with Gasteiger partial charge in [-0.3, -0.25) is 4.98 Å². The Balaban J connectivity index is 2.31. The Kier molecular flexibility index (Phi) is 4.36. The standard InChI is InChI=1S/C12H14FN5O2/c1-20-12(19)11-10(2-3-14)18(17-16-11)7-8-4-9(13)6-15-5-8/h4-6H,2-3,7,14H2,1H3. The molecule has 0 aliphatic heterocycles. The Morgan fingerprint density at radius 1 is 1.50 bits per heavy atom. The van der Waals surface area contributed by atoms with Gasteiger partial charge in [0.05, 0.1) is 25.5 Å². The van der Waals surface area contributed by atoms with Crippen molar-refractivity contribution in [3.63, 3.8) is 0 Å². The minimum Gasteiger partial charge on any atom is -0.464 e. The van der Waals surface area contributed by atoms with Gasteiger partial charge in [0, 0.05) is 12.6 Å². The Labute approximate surface area is 114 Å². The first kappa shape index (κ1) is 14.1. The predicted molar refractivity (Wildman–Crippen MR) is 67.4 cm³/mol. The van der Waals surface area contributed by atoms with Crippen molar-refractivity contribution in [1.82, 2.24) is 20.0 Å². The van der Waals surface area contributed by atoms with Gasteiger partial charge in [0.1, 0.15) is 5.82 Å². The summed E-state index contributed by atoms with van der Waals surface area (Å²) < 4.78 is 19.2. The van der Waals surface area contributed by atoms with Gasteiger partial charge >= 0.3 is 5.97 Å². The molecule has 2 rings (SSSR count). The number of esters is 1.